The van der Waals surface area contributed by atoms with E-state index in [1.54, 1.807) is 0 Å². The number of aliphatic imine (C=N–C) groups is 1. The van der Waals surface area contributed by atoms with E-state index in [4.69, 9.17) is 19.9 Å². The Bertz CT molecular complexity index is 2690. The quantitative estimate of drug-likeness (QED) is 0.100. The standard InChI is InChI=1S/C41H20F4N8/c1-49-21-27(20-48)33-40-38(50-34(22-2-10-28(42)11-3-22)36(52-40)24-6-14-30(44)15-7-24)32(26(18-46)19-47)39-41(33)53-37(25-8-16-31(45)17-9-25)35(51-39)23-4-12-29(43)13-5-23/h2-17H,1,21H2. The second kappa shape index (κ2) is 13.9. The van der Waals surface area contributed by atoms with Crippen LogP contribution in [-0.2, 0) is 0 Å². The molecule has 0 unspecified atom stereocenters. The summed E-state index contributed by atoms with van der Waals surface area (Å²) < 4.78 is 56.5. The SMILES string of the molecule is C=NCC(C#N)=c1c2nc(-c3ccc(F)cc3)c(-c3ccc(F)cc3)nc2c(=C(C#N)C#N)c2nc(-c3ccc(F)cc3)c(-c3ccc(F)cc3)nc12. The van der Waals surface area contributed by atoms with Crippen LogP contribution in [-0.4, -0.2) is 33.2 Å². The van der Waals surface area contributed by atoms with Crippen molar-refractivity contribution in [2.45, 2.75) is 0 Å². The van der Waals surface area contributed by atoms with Crippen LogP contribution < -0.4 is 10.4 Å². The Balaban J connectivity index is 1.80. The molecule has 7 rings (SSSR count). The molecule has 0 aliphatic rings. The average Bonchev–Trinajstić information content (AvgIpc) is 3.18. The van der Waals surface area contributed by atoms with Crippen LogP contribution in [0.4, 0.5) is 17.6 Å². The summed E-state index contributed by atoms with van der Waals surface area (Å²) in [6.07, 6.45) is 0. The van der Waals surface area contributed by atoms with Crippen molar-refractivity contribution in [1.29, 1.82) is 15.8 Å². The van der Waals surface area contributed by atoms with E-state index in [0.29, 0.717) is 22.3 Å². The smallest absolute Gasteiger partial charge is 0.141 e. The third-order valence-electron chi connectivity index (χ3n) is 8.39. The van der Waals surface area contributed by atoms with E-state index in [0.717, 1.165) is 0 Å². The van der Waals surface area contributed by atoms with Gasteiger partial charge in [0.25, 0.3) is 0 Å². The molecule has 0 N–H and O–H groups in total. The zero-order chi connectivity index (χ0) is 37.2. The Morgan fingerprint density at radius 1 is 0.472 bits per heavy atom. The average molecular weight is 701 g/mol. The fourth-order valence-corrected chi connectivity index (χ4v) is 5.97. The number of fused-ring (bicyclic) bond motifs is 2. The van der Waals surface area contributed by atoms with Gasteiger partial charge in [-0.2, -0.15) is 15.8 Å². The molecule has 12 heteroatoms. The number of nitriles is 3. The highest BCUT2D eigenvalue weighted by Crippen LogP contribution is 2.33. The molecule has 53 heavy (non-hydrogen) atoms. The first-order valence-corrected chi connectivity index (χ1v) is 15.7. The van der Waals surface area contributed by atoms with E-state index in [9.17, 15) is 33.3 Å². The van der Waals surface area contributed by atoms with Crippen LogP contribution in [0.1, 0.15) is 0 Å². The van der Waals surface area contributed by atoms with Gasteiger partial charge in [-0.05, 0) is 104 Å². The lowest BCUT2D eigenvalue weighted by molar-refractivity contribution is 0.627. The van der Waals surface area contributed by atoms with Crippen molar-refractivity contribution < 1.29 is 17.6 Å². The topological polar surface area (TPSA) is 135 Å². The molecule has 252 valence electrons. The number of hydrogen-bond donors (Lipinski definition) is 0. The number of benzene rings is 5. The lowest BCUT2D eigenvalue weighted by atomic mass is 9.99. The highest BCUT2D eigenvalue weighted by Gasteiger charge is 2.24. The van der Waals surface area contributed by atoms with Gasteiger partial charge in [-0.25, -0.2) is 37.5 Å². The zero-order valence-electron chi connectivity index (χ0n) is 27.2. The molecule has 5 aromatic carbocycles. The number of nitrogens with zero attached hydrogens (tertiary/aromatic N) is 8. The van der Waals surface area contributed by atoms with Crippen molar-refractivity contribution in [2.75, 3.05) is 6.54 Å². The first-order valence-electron chi connectivity index (χ1n) is 15.7. The molecular weight excluding hydrogens is 680 g/mol. The first kappa shape index (κ1) is 33.9. The molecular formula is C41H20F4N8. The molecule has 0 fully saturated rings. The van der Waals surface area contributed by atoms with Gasteiger partial charge < -0.3 is 0 Å². The van der Waals surface area contributed by atoms with E-state index in [1.807, 2.05) is 12.1 Å². The molecule has 0 aliphatic carbocycles. The van der Waals surface area contributed by atoms with E-state index in [-0.39, 0.29) is 67.4 Å². The van der Waals surface area contributed by atoms with Crippen LogP contribution in [0.3, 0.4) is 0 Å². The molecule has 0 amide bonds. The predicted molar refractivity (Wildman–Crippen MR) is 192 cm³/mol. The summed E-state index contributed by atoms with van der Waals surface area (Å²) in [5.41, 5.74) is 1.96. The normalized spacial score (nSPS) is 10.7. The van der Waals surface area contributed by atoms with E-state index in [2.05, 4.69) is 17.8 Å². The Morgan fingerprint density at radius 2 is 0.755 bits per heavy atom. The summed E-state index contributed by atoms with van der Waals surface area (Å²) in [6, 6.07) is 27.5. The maximum Gasteiger partial charge on any atom is 0.141 e. The van der Waals surface area contributed by atoms with Crippen molar-refractivity contribution in [3.63, 3.8) is 0 Å². The number of halogens is 4. The highest BCUT2D eigenvalue weighted by atomic mass is 19.1. The van der Waals surface area contributed by atoms with Crippen molar-refractivity contribution >= 4 is 39.9 Å². The zero-order valence-corrected chi connectivity index (χ0v) is 27.2. The maximum absolute atomic E-state index is 14.1. The molecule has 0 spiro atoms. The second-order valence-electron chi connectivity index (χ2n) is 11.6. The Labute approximate surface area is 298 Å². The van der Waals surface area contributed by atoms with Gasteiger partial charge in [0.05, 0.1) is 46.2 Å². The maximum atomic E-state index is 14.1. The predicted octanol–water partition coefficient (Wildman–Crippen LogP) is 7.37. The lowest BCUT2D eigenvalue weighted by Crippen LogP contribution is -2.24. The van der Waals surface area contributed by atoms with Gasteiger partial charge in [-0.15, -0.1) is 0 Å². The Kier molecular flexibility index (Phi) is 8.91. The van der Waals surface area contributed by atoms with Crippen molar-refractivity contribution in [3.05, 3.63) is 131 Å². The minimum absolute atomic E-state index is 0.0229. The van der Waals surface area contributed by atoms with Gasteiger partial charge in [0.1, 0.15) is 63.0 Å². The largest absolute Gasteiger partial charge is 0.295 e. The van der Waals surface area contributed by atoms with E-state index < -0.39 is 28.8 Å². The summed E-state index contributed by atoms with van der Waals surface area (Å²) in [7, 11) is 0. The number of aromatic nitrogens is 4. The second-order valence-corrected chi connectivity index (χ2v) is 11.6. The van der Waals surface area contributed by atoms with Crippen molar-refractivity contribution in [2.24, 2.45) is 4.99 Å². The minimum Gasteiger partial charge on any atom is -0.295 e. The van der Waals surface area contributed by atoms with E-state index in [1.165, 1.54) is 97.1 Å². The first-order chi connectivity index (χ1) is 25.7. The van der Waals surface area contributed by atoms with Crippen LogP contribution in [0.15, 0.2) is 102 Å². The molecule has 2 heterocycles. The van der Waals surface area contributed by atoms with Gasteiger partial charge in [-0.1, -0.05) is 0 Å². The van der Waals surface area contributed by atoms with Crippen LogP contribution in [0.25, 0.3) is 78.2 Å². The summed E-state index contributed by atoms with van der Waals surface area (Å²) in [5, 5.41) is 31.2. The molecule has 0 saturated carbocycles. The third kappa shape index (κ3) is 6.20. The van der Waals surface area contributed by atoms with Gasteiger partial charge >= 0.3 is 0 Å². The molecule has 0 bridgehead atoms. The van der Waals surface area contributed by atoms with Gasteiger partial charge in [-0.3, -0.25) is 4.99 Å². The molecule has 0 radical (unpaired) electrons. The van der Waals surface area contributed by atoms with Crippen LogP contribution in [0.5, 0.6) is 0 Å². The summed E-state index contributed by atoms with van der Waals surface area (Å²) in [5.74, 6) is -2.06. The Morgan fingerprint density at radius 3 is 1.00 bits per heavy atom. The monoisotopic (exact) mass is 700 g/mol. The summed E-state index contributed by atoms with van der Waals surface area (Å²) in [4.78, 5) is 23.8. The highest BCUT2D eigenvalue weighted by molar-refractivity contribution is 6.02. The van der Waals surface area contributed by atoms with E-state index >= 15 is 0 Å². The van der Waals surface area contributed by atoms with Gasteiger partial charge in [0.2, 0.25) is 0 Å². The molecule has 0 atom stereocenters. The van der Waals surface area contributed by atoms with Crippen LogP contribution >= 0.6 is 0 Å². The number of hydrogen-bond acceptors (Lipinski definition) is 8. The molecule has 2 aromatic heterocycles. The Hall–Kier alpha value is -7.62. The van der Waals surface area contributed by atoms with Crippen LogP contribution in [0.2, 0.25) is 0 Å². The fraction of sp³-hybridized carbons (Fsp3) is 0.0244. The molecule has 0 saturated heterocycles. The van der Waals surface area contributed by atoms with Crippen molar-refractivity contribution in [1.82, 2.24) is 19.9 Å². The molecule has 0 aliphatic heterocycles. The molecule has 8 nitrogen and oxygen atoms in total. The lowest BCUT2D eigenvalue weighted by Gasteiger charge is -2.16. The summed E-state index contributed by atoms with van der Waals surface area (Å²) in [6.45, 7) is 3.34. The third-order valence-corrected chi connectivity index (χ3v) is 8.39. The molecule has 7 aromatic rings. The fourth-order valence-electron chi connectivity index (χ4n) is 5.97. The number of rotatable bonds is 6. The van der Waals surface area contributed by atoms with Gasteiger partial charge in [0, 0.05) is 27.5 Å². The van der Waals surface area contributed by atoms with Gasteiger partial charge in [0.15, 0.2) is 0 Å². The van der Waals surface area contributed by atoms with Crippen molar-refractivity contribution in [3.8, 4) is 63.2 Å². The summed E-state index contributed by atoms with van der Waals surface area (Å²) >= 11 is 0. The van der Waals surface area contributed by atoms with Crippen LogP contribution in [0, 0.1) is 57.3 Å². The minimum atomic E-state index is -0.518.